The van der Waals surface area contributed by atoms with E-state index in [1.165, 1.54) is 0 Å². The first-order chi connectivity index (χ1) is 8.79. The van der Waals surface area contributed by atoms with Gasteiger partial charge in [0.25, 0.3) is 0 Å². The zero-order valence-electron chi connectivity index (χ0n) is 10.1. The number of hydrogen-bond donors (Lipinski definition) is 1. The van der Waals surface area contributed by atoms with E-state index >= 15 is 0 Å². The Morgan fingerprint density at radius 3 is 3.06 bits per heavy atom. The lowest BCUT2D eigenvalue weighted by Gasteiger charge is -2.11. The molecular formula is C13H15BrN2OS. The highest BCUT2D eigenvalue weighted by molar-refractivity contribution is 9.10. The van der Waals surface area contributed by atoms with Crippen molar-refractivity contribution in [2.75, 3.05) is 6.54 Å². The molecule has 0 spiro atoms. The van der Waals surface area contributed by atoms with Gasteiger partial charge in [-0.2, -0.15) is 0 Å². The fourth-order valence-electron chi connectivity index (χ4n) is 1.55. The molecule has 2 aromatic rings. The lowest BCUT2D eigenvalue weighted by molar-refractivity contribution is 0.305. The summed E-state index contributed by atoms with van der Waals surface area (Å²) in [6, 6.07) is 6.08. The zero-order valence-corrected chi connectivity index (χ0v) is 12.6. The molecule has 1 aromatic heterocycles. The number of thiazole rings is 1. The molecule has 18 heavy (non-hydrogen) atoms. The Morgan fingerprint density at radius 1 is 1.44 bits per heavy atom. The van der Waals surface area contributed by atoms with E-state index in [1.807, 2.05) is 23.8 Å². The Kier molecular flexibility index (Phi) is 5.16. The van der Waals surface area contributed by atoms with Gasteiger partial charge in [0.2, 0.25) is 0 Å². The molecule has 5 heteroatoms. The van der Waals surface area contributed by atoms with Crippen LogP contribution in [-0.4, -0.2) is 11.5 Å². The maximum Gasteiger partial charge on any atom is 0.124 e. The van der Waals surface area contributed by atoms with Crippen molar-refractivity contribution in [1.82, 2.24) is 10.3 Å². The highest BCUT2D eigenvalue weighted by Gasteiger charge is 2.05. The third-order valence-electron chi connectivity index (χ3n) is 2.44. The normalized spacial score (nSPS) is 10.6. The molecule has 0 saturated heterocycles. The molecular weight excluding hydrogens is 312 g/mol. The molecule has 0 radical (unpaired) electrons. The molecule has 1 N–H and O–H groups in total. The van der Waals surface area contributed by atoms with E-state index in [-0.39, 0.29) is 0 Å². The van der Waals surface area contributed by atoms with Crippen molar-refractivity contribution in [3.8, 4) is 5.75 Å². The Hall–Kier alpha value is -0.910. The number of halogens is 1. The Bertz CT molecular complexity index is 488. The highest BCUT2D eigenvalue weighted by atomic mass is 79.9. The lowest BCUT2D eigenvalue weighted by atomic mass is 10.2. The van der Waals surface area contributed by atoms with Gasteiger partial charge in [-0.25, -0.2) is 0 Å². The van der Waals surface area contributed by atoms with Gasteiger partial charge in [0, 0.05) is 22.8 Å². The van der Waals surface area contributed by atoms with E-state index in [2.05, 4.69) is 39.2 Å². The summed E-state index contributed by atoms with van der Waals surface area (Å²) in [6.45, 7) is 4.43. The van der Waals surface area contributed by atoms with Crippen LogP contribution in [0.4, 0.5) is 0 Å². The summed E-state index contributed by atoms with van der Waals surface area (Å²) in [7, 11) is 0. The summed E-state index contributed by atoms with van der Waals surface area (Å²) in [5.74, 6) is 0.924. The maximum absolute atomic E-state index is 5.84. The molecule has 0 fully saturated rings. The second-order valence-corrected chi connectivity index (χ2v) is 5.68. The second-order valence-electron chi connectivity index (χ2n) is 3.79. The smallest absolute Gasteiger partial charge is 0.124 e. The zero-order chi connectivity index (χ0) is 12.8. The fraction of sp³-hybridized carbons (Fsp3) is 0.308. The maximum atomic E-state index is 5.84. The molecule has 0 aliphatic heterocycles. The monoisotopic (exact) mass is 326 g/mol. The van der Waals surface area contributed by atoms with Crippen molar-refractivity contribution >= 4 is 27.3 Å². The van der Waals surface area contributed by atoms with Gasteiger partial charge in [-0.3, -0.25) is 4.98 Å². The predicted octanol–water partition coefficient (Wildman–Crippen LogP) is 3.59. The number of rotatable bonds is 6. The molecule has 0 amide bonds. The average molecular weight is 327 g/mol. The minimum atomic E-state index is 0.575. The van der Waals surface area contributed by atoms with Crippen molar-refractivity contribution in [3.05, 3.63) is 44.8 Å². The minimum Gasteiger partial charge on any atom is -0.488 e. The van der Waals surface area contributed by atoms with Crippen LogP contribution < -0.4 is 10.1 Å². The summed E-state index contributed by atoms with van der Waals surface area (Å²) in [5, 5.41) is 3.31. The van der Waals surface area contributed by atoms with Gasteiger partial charge in [0.05, 0.1) is 10.4 Å². The van der Waals surface area contributed by atoms with E-state index in [0.29, 0.717) is 6.61 Å². The van der Waals surface area contributed by atoms with Crippen molar-refractivity contribution in [2.45, 2.75) is 20.1 Å². The van der Waals surface area contributed by atoms with Gasteiger partial charge in [0.15, 0.2) is 0 Å². The average Bonchev–Trinajstić information content (AvgIpc) is 2.88. The van der Waals surface area contributed by atoms with Crippen molar-refractivity contribution < 1.29 is 4.74 Å². The van der Waals surface area contributed by atoms with E-state index in [1.54, 1.807) is 11.3 Å². The summed E-state index contributed by atoms with van der Waals surface area (Å²) < 4.78 is 6.91. The third-order valence-corrected chi connectivity index (χ3v) is 3.69. The molecule has 3 nitrogen and oxygen atoms in total. The Morgan fingerprint density at radius 2 is 2.33 bits per heavy atom. The summed E-state index contributed by atoms with van der Waals surface area (Å²) in [6.07, 6.45) is 1.84. The van der Waals surface area contributed by atoms with E-state index < -0.39 is 0 Å². The van der Waals surface area contributed by atoms with Gasteiger partial charge < -0.3 is 10.1 Å². The van der Waals surface area contributed by atoms with Crippen molar-refractivity contribution in [1.29, 1.82) is 0 Å². The van der Waals surface area contributed by atoms with Gasteiger partial charge in [0.1, 0.15) is 12.4 Å². The van der Waals surface area contributed by atoms with E-state index in [0.717, 1.165) is 33.8 Å². The molecule has 1 aromatic carbocycles. The second kappa shape index (κ2) is 6.87. The summed E-state index contributed by atoms with van der Waals surface area (Å²) in [4.78, 5) is 5.17. The topological polar surface area (TPSA) is 34.1 Å². The number of hydrogen-bond acceptors (Lipinski definition) is 4. The molecule has 0 aliphatic carbocycles. The minimum absolute atomic E-state index is 0.575. The first kappa shape index (κ1) is 13.5. The van der Waals surface area contributed by atoms with Crippen LogP contribution >= 0.6 is 27.3 Å². The molecule has 2 rings (SSSR count). The van der Waals surface area contributed by atoms with Crippen LogP contribution in [0.1, 0.15) is 17.4 Å². The van der Waals surface area contributed by atoms with Crippen molar-refractivity contribution in [2.24, 2.45) is 0 Å². The molecule has 96 valence electrons. The fourth-order valence-corrected chi connectivity index (χ4v) is 2.46. The first-order valence-electron chi connectivity index (χ1n) is 5.79. The van der Waals surface area contributed by atoms with Crippen LogP contribution in [0.25, 0.3) is 0 Å². The first-order valence-corrected chi connectivity index (χ1v) is 7.46. The largest absolute Gasteiger partial charge is 0.488 e. The van der Waals surface area contributed by atoms with Crippen LogP contribution in [0.2, 0.25) is 0 Å². The Labute approximate surface area is 119 Å². The standard InChI is InChI=1S/C13H15BrN2OS/c1-2-15-6-10-5-11(14)3-4-13(10)17-8-12-7-16-9-18-12/h3-5,7,9,15H,2,6,8H2,1H3. The molecule has 0 bridgehead atoms. The van der Waals surface area contributed by atoms with Gasteiger partial charge in [-0.05, 0) is 24.7 Å². The number of ether oxygens (including phenoxy) is 1. The van der Waals surface area contributed by atoms with Gasteiger partial charge in [-0.15, -0.1) is 11.3 Å². The van der Waals surface area contributed by atoms with Gasteiger partial charge in [-0.1, -0.05) is 22.9 Å². The SMILES string of the molecule is CCNCc1cc(Br)ccc1OCc1cncs1. The number of nitrogens with one attached hydrogen (secondary N) is 1. The van der Waals surface area contributed by atoms with Crippen LogP contribution in [0.15, 0.2) is 34.4 Å². The molecule has 0 saturated carbocycles. The van der Waals surface area contributed by atoms with Crippen LogP contribution in [0, 0.1) is 0 Å². The summed E-state index contributed by atoms with van der Waals surface area (Å²) >= 11 is 5.09. The molecule has 0 unspecified atom stereocenters. The van der Waals surface area contributed by atoms with E-state index in [9.17, 15) is 0 Å². The highest BCUT2D eigenvalue weighted by Crippen LogP contribution is 2.24. The number of aromatic nitrogens is 1. The van der Waals surface area contributed by atoms with E-state index in [4.69, 9.17) is 4.74 Å². The van der Waals surface area contributed by atoms with Gasteiger partial charge >= 0.3 is 0 Å². The van der Waals surface area contributed by atoms with Crippen molar-refractivity contribution in [3.63, 3.8) is 0 Å². The quantitative estimate of drug-likeness (QED) is 0.880. The number of benzene rings is 1. The predicted molar refractivity (Wildman–Crippen MR) is 78.0 cm³/mol. The molecule has 1 heterocycles. The van der Waals surface area contributed by atoms with Crippen LogP contribution in [0.3, 0.4) is 0 Å². The summed E-state index contributed by atoms with van der Waals surface area (Å²) in [5.41, 5.74) is 2.98. The molecule has 0 atom stereocenters. The van der Waals surface area contributed by atoms with Crippen LogP contribution in [-0.2, 0) is 13.2 Å². The third kappa shape index (κ3) is 3.80. The number of nitrogens with zero attached hydrogens (tertiary/aromatic N) is 1. The van der Waals surface area contributed by atoms with Crippen LogP contribution in [0.5, 0.6) is 5.75 Å². The lowest BCUT2D eigenvalue weighted by Crippen LogP contribution is -2.12. The Balaban J connectivity index is 2.05. The molecule has 0 aliphatic rings.